The first-order valence-corrected chi connectivity index (χ1v) is 11.4. The first kappa shape index (κ1) is 22.6. The van der Waals surface area contributed by atoms with Crippen LogP contribution >= 0.6 is 11.8 Å². The largest absolute Gasteiger partial charge is 0.332 e. The van der Waals surface area contributed by atoms with Crippen molar-refractivity contribution in [2.24, 2.45) is 14.1 Å². The molecule has 1 aliphatic carbocycles. The van der Waals surface area contributed by atoms with E-state index in [0.29, 0.717) is 16.5 Å². The molecular weight excluding hydrogens is 448 g/mol. The number of nitrogens with zero attached hydrogens (tertiary/aromatic N) is 5. The SMILES string of the molecule is Cn1c(=O)c2c(SCC(=O)Nc3cccc([N+](=O)[O-])c3)nc(C3CCCC3)nc2n(C)c1=O. The van der Waals surface area contributed by atoms with Crippen molar-refractivity contribution >= 4 is 40.1 Å². The second-order valence-corrected chi connectivity index (χ2v) is 8.88. The van der Waals surface area contributed by atoms with E-state index in [1.54, 1.807) is 13.1 Å². The van der Waals surface area contributed by atoms with E-state index >= 15 is 0 Å². The maximum Gasteiger partial charge on any atom is 0.332 e. The highest BCUT2D eigenvalue weighted by Crippen LogP contribution is 2.34. The first-order chi connectivity index (χ1) is 15.8. The lowest BCUT2D eigenvalue weighted by molar-refractivity contribution is -0.384. The molecule has 0 unspecified atom stereocenters. The third-order valence-electron chi connectivity index (χ3n) is 5.69. The van der Waals surface area contributed by atoms with Gasteiger partial charge in [0.05, 0.1) is 10.7 Å². The van der Waals surface area contributed by atoms with Crippen LogP contribution in [-0.4, -0.2) is 35.7 Å². The zero-order valence-electron chi connectivity index (χ0n) is 18.1. The maximum absolute atomic E-state index is 12.9. The van der Waals surface area contributed by atoms with Crippen LogP contribution < -0.4 is 16.6 Å². The van der Waals surface area contributed by atoms with Crippen molar-refractivity contribution in [1.29, 1.82) is 0 Å². The number of amides is 1. The second-order valence-electron chi connectivity index (χ2n) is 7.92. The van der Waals surface area contributed by atoms with E-state index < -0.39 is 22.1 Å². The first-order valence-electron chi connectivity index (χ1n) is 10.4. The van der Waals surface area contributed by atoms with Gasteiger partial charge in [-0.3, -0.25) is 28.8 Å². The van der Waals surface area contributed by atoms with Crippen molar-refractivity contribution < 1.29 is 9.72 Å². The number of aromatic nitrogens is 4. The van der Waals surface area contributed by atoms with E-state index in [9.17, 15) is 24.5 Å². The summed E-state index contributed by atoms with van der Waals surface area (Å²) < 4.78 is 2.32. The molecule has 4 rings (SSSR count). The van der Waals surface area contributed by atoms with Gasteiger partial charge in [0.25, 0.3) is 11.2 Å². The minimum atomic E-state index is -0.540. The number of hydrogen-bond acceptors (Lipinski definition) is 8. The zero-order chi connectivity index (χ0) is 23.7. The number of anilines is 1. The number of thioether (sulfide) groups is 1. The predicted molar refractivity (Wildman–Crippen MR) is 124 cm³/mol. The van der Waals surface area contributed by atoms with Gasteiger partial charge >= 0.3 is 5.69 Å². The molecule has 0 radical (unpaired) electrons. The fraction of sp³-hybridized carbons (Fsp3) is 0.381. The van der Waals surface area contributed by atoms with Crippen molar-refractivity contribution in [1.82, 2.24) is 19.1 Å². The van der Waals surface area contributed by atoms with Crippen LogP contribution in [-0.2, 0) is 18.9 Å². The zero-order valence-corrected chi connectivity index (χ0v) is 18.9. The van der Waals surface area contributed by atoms with Crippen LogP contribution in [0.15, 0.2) is 38.9 Å². The quantitative estimate of drug-likeness (QED) is 0.250. The lowest BCUT2D eigenvalue weighted by atomic mass is 10.1. The van der Waals surface area contributed by atoms with Crippen LogP contribution in [0.5, 0.6) is 0 Å². The number of nitrogens with one attached hydrogen (secondary N) is 1. The standard InChI is InChI=1S/C21H22N6O5S/c1-25-18-16(20(29)26(2)21(25)30)19(24-17(23-18)12-6-3-4-7-12)33-11-15(28)22-13-8-5-9-14(10-13)27(31)32/h5,8-10,12H,3-4,6-7,11H2,1-2H3,(H,22,28). The van der Waals surface area contributed by atoms with Crippen LogP contribution in [0.1, 0.15) is 37.4 Å². The lowest BCUT2D eigenvalue weighted by Crippen LogP contribution is -2.38. The molecule has 1 amide bonds. The summed E-state index contributed by atoms with van der Waals surface area (Å²) in [7, 11) is 2.94. The molecule has 172 valence electrons. The Morgan fingerprint density at radius 3 is 2.64 bits per heavy atom. The molecule has 0 atom stereocenters. The van der Waals surface area contributed by atoms with Crippen LogP contribution in [0, 0.1) is 10.1 Å². The molecule has 1 N–H and O–H groups in total. The van der Waals surface area contributed by atoms with Gasteiger partial charge in [-0.1, -0.05) is 30.7 Å². The average molecular weight is 471 g/mol. The molecule has 2 aromatic heterocycles. The molecule has 0 bridgehead atoms. The fourth-order valence-corrected chi connectivity index (χ4v) is 4.77. The van der Waals surface area contributed by atoms with Crippen LogP contribution in [0.3, 0.4) is 0 Å². The Morgan fingerprint density at radius 2 is 1.94 bits per heavy atom. The Morgan fingerprint density at radius 1 is 1.21 bits per heavy atom. The van der Waals surface area contributed by atoms with Gasteiger partial charge in [-0.25, -0.2) is 14.8 Å². The Hall–Kier alpha value is -3.54. The third-order valence-corrected chi connectivity index (χ3v) is 6.66. The van der Waals surface area contributed by atoms with E-state index in [-0.39, 0.29) is 28.4 Å². The number of fused-ring (bicyclic) bond motifs is 1. The smallest absolute Gasteiger partial charge is 0.325 e. The Labute approximate surface area is 192 Å². The summed E-state index contributed by atoms with van der Waals surface area (Å²) in [6.07, 6.45) is 3.99. The van der Waals surface area contributed by atoms with E-state index in [1.165, 1.54) is 29.8 Å². The molecule has 11 nitrogen and oxygen atoms in total. The number of aryl methyl sites for hydroxylation is 1. The van der Waals surface area contributed by atoms with Gasteiger partial charge in [-0.2, -0.15) is 0 Å². The van der Waals surface area contributed by atoms with Gasteiger partial charge < -0.3 is 5.32 Å². The highest BCUT2D eigenvalue weighted by molar-refractivity contribution is 8.00. The van der Waals surface area contributed by atoms with Gasteiger partial charge in [0, 0.05) is 37.8 Å². The van der Waals surface area contributed by atoms with E-state index in [4.69, 9.17) is 0 Å². The van der Waals surface area contributed by atoms with E-state index in [1.807, 2.05) is 0 Å². The second kappa shape index (κ2) is 9.14. The lowest BCUT2D eigenvalue weighted by Gasteiger charge is -2.14. The number of carbonyl (C=O) groups is 1. The van der Waals surface area contributed by atoms with E-state index in [0.717, 1.165) is 42.0 Å². The predicted octanol–water partition coefficient (Wildman–Crippen LogP) is 2.32. The third kappa shape index (κ3) is 4.51. The maximum atomic E-state index is 12.9. The van der Waals surface area contributed by atoms with Crippen LogP contribution in [0.2, 0.25) is 0 Å². The van der Waals surface area contributed by atoms with Gasteiger partial charge in [0.1, 0.15) is 16.2 Å². The molecule has 2 heterocycles. The summed E-state index contributed by atoms with van der Waals surface area (Å²) in [5.41, 5.74) is -0.586. The Balaban J connectivity index is 1.66. The summed E-state index contributed by atoms with van der Waals surface area (Å²) in [5, 5.41) is 14.1. The summed E-state index contributed by atoms with van der Waals surface area (Å²) in [5.74, 6) is 0.234. The van der Waals surface area contributed by atoms with Crippen LogP contribution in [0.25, 0.3) is 11.0 Å². The molecule has 1 aromatic carbocycles. The fourth-order valence-electron chi connectivity index (χ4n) is 3.94. The van der Waals surface area contributed by atoms with E-state index in [2.05, 4.69) is 15.3 Å². The Bertz CT molecular complexity index is 1380. The summed E-state index contributed by atoms with van der Waals surface area (Å²) >= 11 is 1.07. The number of nitro benzene ring substituents is 1. The van der Waals surface area contributed by atoms with Gasteiger partial charge in [-0.15, -0.1) is 0 Å². The minimum Gasteiger partial charge on any atom is -0.325 e. The summed E-state index contributed by atoms with van der Waals surface area (Å²) in [6.45, 7) is 0. The van der Waals surface area contributed by atoms with Crippen molar-refractivity contribution in [3.63, 3.8) is 0 Å². The molecule has 0 aliphatic heterocycles. The van der Waals surface area contributed by atoms with Gasteiger partial charge in [0.2, 0.25) is 5.91 Å². The molecular formula is C21H22N6O5S. The monoisotopic (exact) mass is 470 g/mol. The average Bonchev–Trinajstić information content (AvgIpc) is 3.34. The highest BCUT2D eigenvalue weighted by atomic mass is 32.2. The van der Waals surface area contributed by atoms with Crippen LogP contribution in [0.4, 0.5) is 11.4 Å². The normalized spacial score (nSPS) is 14.0. The topological polar surface area (TPSA) is 142 Å². The number of non-ortho nitro benzene ring substituents is 1. The van der Waals surface area contributed by atoms with Crippen molar-refractivity contribution in [3.05, 3.63) is 61.0 Å². The molecule has 1 aliphatic rings. The molecule has 33 heavy (non-hydrogen) atoms. The summed E-state index contributed by atoms with van der Waals surface area (Å²) in [4.78, 5) is 57.4. The Kier molecular flexibility index (Phi) is 6.27. The van der Waals surface area contributed by atoms with Crippen molar-refractivity contribution in [2.45, 2.75) is 36.6 Å². The number of hydrogen-bond donors (Lipinski definition) is 1. The van der Waals surface area contributed by atoms with Crippen molar-refractivity contribution in [2.75, 3.05) is 11.1 Å². The number of rotatable bonds is 6. The molecule has 1 saturated carbocycles. The number of nitro groups is 1. The summed E-state index contributed by atoms with van der Waals surface area (Å²) in [6, 6.07) is 5.64. The number of benzene rings is 1. The minimum absolute atomic E-state index is 0.0785. The van der Waals surface area contributed by atoms with Gasteiger partial charge in [0.15, 0.2) is 5.65 Å². The molecule has 0 spiro atoms. The molecule has 0 saturated heterocycles. The van der Waals surface area contributed by atoms with Crippen molar-refractivity contribution in [3.8, 4) is 0 Å². The molecule has 3 aromatic rings. The molecule has 1 fully saturated rings. The molecule has 12 heteroatoms. The number of carbonyl (C=O) groups excluding carboxylic acids is 1. The highest BCUT2D eigenvalue weighted by Gasteiger charge is 2.24. The van der Waals surface area contributed by atoms with Gasteiger partial charge in [-0.05, 0) is 18.9 Å².